The molecule has 3 nitrogen and oxygen atoms in total. The molecular formula is C7H12N2O. The molecule has 0 aromatic carbocycles. The monoisotopic (exact) mass is 140 g/mol. The number of hydrogen-bond acceptors (Lipinski definition) is 2. The fraction of sp³-hybridized carbons (Fsp3) is 0.571. The van der Waals surface area contributed by atoms with Crippen LogP contribution >= 0.6 is 0 Å². The lowest BCUT2D eigenvalue weighted by atomic mass is 10.5. The van der Waals surface area contributed by atoms with Gasteiger partial charge < -0.3 is 9.67 Å². The van der Waals surface area contributed by atoms with Crippen LogP contribution in [0.4, 0.5) is 0 Å². The third-order valence-electron chi connectivity index (χ3n) is 1.53. The van der Waals surface area contributed by atoms with Crippen LogP contribution in [0.5, 0.6) is 0 Å². The molecular weight excluding hydrogens is 128 g/mol. The normalized spacial score (nSPS) is 10.3. The molecule has 0 fully saturated rings. The van der Waals surface area contributed by atoms with Crippen LogP contribution in [-0.4, -0.2) is 14.7 Å². The van der Waals surface area contributed by atoms with Gasteiger partial charge in [-0.25, -0.2) is 4.98 Å². The van der Waals surface area contributed by atoms with Crippen molar-refractivity contribution in [2.45, 2.75) is 27.0 Å². The fourth-order valence-electron chi connectivity index (χ4n) is 0.971. The van der Waals surface area contributed by atoms with Crippen LogP contribution in [0.15, 0.2) is 6.20 Å². The zero-order chi connectivity index (χ0) is 7.56. The van der Waals surface area contributed by atoms with E-state index < -0.39 is 0 Å². The van der Waals surface area contributed by atoms with Crippen LogP contribution in [0.25, 0.3) is 0 Å². The van der Waals surface area contributed by atoms with Gasteiger partial charge in [0.05, 0.1) is 12.3 Å². The van der Waals surface area contributed by atoms with Gasteiger partial charge in [-0.1, -0.05) is 0 Å². The molecule has 1 aromatic rings. The summed E-state index contributed by atoms with van der Waals surface area (Å²) in [5.41, 5.74) is 0.749. The highest BCUT2D eigenvalue weighted by Crippen LogP contribution is 2.00. The van der Waals surface area contributed by atoms with Gasteiger partial charge in [-0.15, -0.1) is 0 Å². The molecule has 10 heavy (non-hydrogen) atoms. The van der Waals surface area contributed by atoms with E-state index >= 15 is 0 Å². The molecule has 0 unspecified atom stereocenters. The van der Waals surface area contributed by atoms with E-state index in [1.165, 1.54) is 0 Å². The maximum absolute atomic E-state index is 8.70. The van der Waals surface area contributed by atoms with Crippen molar-refractivity contribution in [2.24, 2.45) is 0 Å². The molecule has 0 atom stereocenters. The minimum absolute atomic E-state index is 0.0356. The van der Waals surface area contributed by atoms with E-state index in [4.69, 9.17) is 5.11 Å². The van der Waals surface area contributed by atoms with Gasteiger partial charge in [-0.3, -0.25) is 0 Å². The van der Waals surface area contributed by atoms with Crippen molar-refractivity contribution in [2.75, 3.05) is 0 Å². The highest BCUT2D eigenvalue weighted by Gasteiger charge is 1.99. The number of aliphatic hydroxyl groups is 1. The van der Waals surface area contributed by atoms with Crippen LogP contribution in [0.3, 0.4) is 0 Å². The Balaban J connectivity index is 2.92. The summed E-state index contributed by atoms with van der Waals surface area (Å²) in [4.78, 5) is 4.11. The number of aliphatic hydroxyl groups excluding tert-OH is 1. The molecule has 0 amide bonds. The molecule has 1 heterocycles. The van der Waals surface area contributed by atoms with Crippen molar-refractivity contribution >= 4 is 0 Å². The summed E-state index contributed by atoms with van der Waals surface area (Å²) in [5.74, 6) is 0.964. The summed E-state index contributed by atoms with van der Waals surface area (Å²) < 4.78 is 2.01. The van der Waals surface area contributed by atoms with E-state index in [-0.39, 0.29) is 6.61 Å². The van der Waals surface area contributed by atoms with Crippen molar-refractivity contribution in [1.29, 1.82) is 0 Å². The van der Waals surface area contributed by atoms with Crippen molar-refractivity contribution in [3.8, 4) is 0 Å². The average molecular weight is 140 g/mol. The van der Waals surface area contributed by atoms with Crippen LogP contribution in [0.1, 0.15) is 18.4 Å². The number of aromatic nitrogens is 2. The van der Waals surface area contributed by atoms with Gasteiger partial charge in [0.25, 0.3) is 0 Å². The molecule has 56 valence electrons. The van der Waals surface area contributed by atoms with Crippen molar-refractivity contribution in [3.05, 3.63) is 17.7 Å². The summed E-state index contributed by atoms with van der Waals surface area (Å²) >= 11 is 0. The number of nitrogens with zero attached hydrogens (tertiary/aromatic N) is 2. The zero-order valence-corrected chi connectivity index (χ0v) is 6.33. The third kappa shape index (κ3) is 1.19. The maximum Gasteiger partial charge on any atom is 0.105 e. The summed E-state index contributed by atoms with van der Waals surface area (Å²) in [5, 5.41) is 8.70. The molecule has 0 bridgehead atoms. The van der Waals surface area contributed by atoms with Crippen molar-refractivity contribution in [1.82, 2.24) is 9.55 Å². The molecule has 0 aliphatic rings. The molecule has 0 saturated heterocycles. The molecule has 1 N–H and O–H groups in total. The number of imidazole rings is 1. The molecule has 0 aliphatic carbocycles. The molecule has 0 aliphatic heterocycles. The molecule has 0 radical (unpaired) electrons. The lowest BCUT2D eigenvalue weighted by Gasteiger charge is -1.95. The Morgan fingerprint density at radius 1 is 1.70 bits per heavy atom. The Hall–Kier alpha value is -0.830. The maximum atomic E-state index is 8.70. The minimum atomic E-state index is 0.0356. The summed E-state index contributed by atoms with van der Waals surface area (Å²) in [6.45, 7) is 4.94. The van der Waals surface area contributed by atoms with Crippen LogP contribution < -0.4 is 0 Å². The lowest BCUT2D eigenvalue weighted by Crippen LogP contribution is -1.93. The van der Waals surface area contributed by atoms with Gasteiger partial charge in [0.1, 0.15) is 5.82 Å². The molecule has 0 spiro atoms. The fourth-order valence-corrected chi connectivity index (χ4v) is 0.971. The minimum Gasteiger partial charge on any atom is -0.390 e. The predicted octanol–water partition coefficient (Wildman–Crippen LogP) is 0.704. The second-order valence-corrected chi connectivity index (χ2v) is 2.22. The van der Waals surface area contributed by atoms with E-state index in [1.54, 1.807) is 0 Å². The largest absolute Gasteiger partial charge is 0.390 e. The smallest absolute Gasteiger partial charge is 0.105 e. The zero-order valence-electron chi connectivity index (χ0n) is 6.33. The van der Waals surface area contributed by atoms with Gasteiger partial charge in [0.15, 0.2) is 0 Å². The average Bonchev–Trinajstić information content (AvgIpc) is 2.30. The van der Waals surface area contributed by atoms with Crippen LogP contribution in [0.2, 0.25) is 0 Å². The Kier molecular flexibility index (Phi) is 2.06. The van der Waals surface area contributed by atoms with E-state index in [1.807, 2.05) is 17.7 Å². The Labute approximate surface area is 60.3 Å². The summed E-state index contributed by atoms with van der Waals surface area (Å²) in [7, 11) is 0. The molecule has 1 rings (SSSR count). The predicted molar refractivity (Wildman–Crippen MR) is 38.6 cm³/mol. The van der Waals surface area contributed by atoms with Gasteiger partial charge in [-0.2, -0.15) is 0 Å². The highest BCUT2D eigenvalue weighted by atomic mass is 16.3. The standard InChI is InChI=1S/C7H12N2O/c1-3-9-4-7(5-10)8-6(9)2/h4,10H,3,5H2,1-2H3. The Bertz CT molecular complexity index is 217. The SMILES string of the molecule is CCn1cc(CO)nc1C. The van der Waals surface area contributed by atoms with E-state index in [0.717, 1.165) is 18.1 Å². The highest BCUT2D eigenvalue weighted by molar-refractivity contribution is 5.01. The van der Waals surface area contributed by atoms with E-state index in [2.05, 4.69) is 11.9 Å². The number of rotatable bonds is 2. The molecule has 1 aromatic heterocycles. The summed E-state index contributed by atoms with van der Waals surface area (Å²) in [6.07, 6.45) is 1.87. The van der Waals surface area contributed by atoms with E-state index in [9.17, 15) is 0 Å². The van der Waals surface area contributed by atoms with Crippen molar-refractivity contribution < 1.29 is 5.11 Å². The first-order chi connectivity index (χ1) is 4.77. The second-order valence-electron chi connectivity index (χ2n) is 2.22. The van der Waals surface area contributed by atoms with Crippen LogP contribution in [0, 0.1) is 6.92 Å². The molecule has 3 heteroatoms. The quantitative estimate of drug-likeness (QED) is 0.656. The first kappa shape index (κ1) is 7.28. The topological polar surface area (TPSA) is 38.0 Å². The first-order valence-corrected chi connectivity index (χ1v) is 3.41. The second kappa shape index (κ2) is 2.84. The Morgan fingerprint density at radius 3 is 2.70 bits per heavy atom. The van der Waals surface area contributed by atoms with Gasteiger partial charge in [0, 0.05) is 12.7 Å². The lowest BCUT2D eigenvalue weighted by molar-refractivity contribution is 0.277. The third-order valence-corrected chi connectivity index (χ3v) is 1.53. The van der Waals surface area contributed by atoms with Crippen LogP contribution in [-0.2, 0) is 13.2 Å². The number of hydrogen-bond donors (Lipinski definition) is 1. The molecule has 0 saturated carbocycles. The van der Waals surface area contributed by atoms with Gasteiger partial charge >= 0.3 is 0 Å². The van der Waals surface area contributed by atoms with E-state index in [0.29, 0.717) is 0 Å². The van der Waals surface area contributed by atoms with Crippen molar-refractivity contribution in [3.63, 3.8) is 0 Å². The Morgan fingerprint density at radius 2 is 2.40 bits per heavy atom. The van der Waals surface area contributed by atoms with Gasteiger partial charge in [-0.05, 0) is 13.8 Å². The van der Waals surface area contributed by atoms with Gasteiger partial charge in [0.2, 0.25) is 0 Å². The first-order valence-electron chi connectivity index (χ1n) is 3.41. The number of aryl methyl sites for hydroxylation is 2. The summed E-state index contributed by atoms with van der Waals surface area (Å²) in [6, 6.07) is 0.